The molecule has 0 aliphatic carbocycles. The van der Waals surface area contributed by atoms with Crippen LogP contribution in [0.15, 0.2) is 36.5 Å². The molecule has 2 aromatic rings. The minimum Gasteiger partial charge on any atom is -0.493 e. The van der Waals surface area contributed by atoms with Gasteiger partial charge < -0.3 is 25.6 Å². The number of aryl methyl sites for hydroxylation is 1. The van der Waals surface area contributed by atoms with Gasteiger partial charge in [0.2, 0.25) is 0 Å². The van der Waals surface area contributed by atoms with Gasteiger partial charge in [0.15, 0.2) is 0 Å². The van der Waals surface area contributed by atoms with Crippen LogP contribution in [-0.4, -0.2) is 59.9 Å². The lowest BCUT2D eigenvalue weighted by Gasteiger charge is -2.38. The van der Waals surface area contributed by atoms with Crippen LogP contribution in [0, 0.1) is 11.8 Å². The van der Waals surface area contributed by atoms with Gasteiger partial charge in [-0.1, -0.05) is 26.0 Å². The van der Waals surface area contributed by atoms with E-state index in [9.17, 15) is 9.59 Å². The fourth-order valence-electron chi connectivity index (χ4n) is 5.17. The quantitative estimate of drug-likeness (QED) is 0.592. The van der Waals surface area contributed by atoms with Crippen LogP contribution in [-0.2, 0) is 16.0 Å². The number of hydrogen-bond acceptors (Lipinski definition) is 6. The molecule has 1 aromatic heterocycles. The molecule has 1 aromatic carbocycles. The average molecular weight is 494 g/mol. The second-order valence-electron chi connectivity index (χ2n) is 10.4. The van der Waals surface area contributed by atoms with Crippen molar-refractivity contribution in [2.45, 2.75) is 52.0 Å². The summed E-state index contributed by atoms with van der Waals surface area (Å²) in [5, 5.41) is 2.72. The molecule has 2 atom stereocenters. The Morgan fingerprint density at radius 3 is 2.69 bits per heavy atom. The molecule has 0 spiro atoms. The summed E-state index contributed by atoms with van der Waals surface area (Å²) < 4.78 is 6.17. The van der Waals surface area contributed by atoms with Crippen molar-refractivity contribution in [1.29, 1.82) is 0 Å². The van der Waals surface area contributed by atoms with Crippen LogP contribution in [0.2, 0.25) is 0 Å². The van der Waals surface area contributed by atoms with Gasteiger partial charge in [-0.05, 0) is 93.4 Å². The lowest BCUT2D eigenvalue weighted by atomic mass is 9.89. The zero-order valence-corrected chi connectivity index (χ0v) is 21.7. The summed E-state index contributed by atoms with van der Waals surface area (Å²) in [6.45, 7) is 7.55. The van der Waals surface area contributed by atoms with E-state index in [0.717, 1.165) is 55.6 Å². The van der Waals surface area contributed by atoms with E-state index in [4.69, 9.17) is 10.5 Å². The number of nitrogens with two attached hydrogens (primary N) is 1. The predicted molar refractivity (Wildman–Crippen MR) is 142 cm³/mol. The maximum Gasteiger partial charge on any atom is 0.313 e. The van der Waals surface area contributed by atoms with Gasteiger partial charge in [0, 0.05) is 6.54 Å². The Kier molecular flexibility index (Phi) is 8.46. The molecule has 2 saturated heterocycles. The SMILES string of the molecule is CCc1cc(NC(=O)C(=O)N2C[C@@H](C)CC[C@@H]2c2cccc(OCC3CCN(C)CC3)c2)cnc1N. The summed E-state index contributed by atoms with van der Waals surface area (Å²) in [4.78, 5) is 34.5. The van der Waals surface area contributed by atoms with Crippen molar-refractivity contribution < 1.29 is 14.3 Å². The number of hydrogen-bond donors (Lipinski definition) is 2. The smallest absolute Gasteiger partial charge is 0.313 e. The molecule has 36 heavy (non-hydrogen) atoms. The molecule has 4 rings (SSSR count). The molecule has 0 radical (unpaired) electrons. The van der Waals surface area contributed by atoms with Crippen LogP contribution < -0.4 is 15.8 Å². The number of benzene rings is 1. The van der Waals surface area contributed by atoms with Crippen molar-refractivity contribution in [2.24, 2.45) is 11.8 Å². The number of nitrogens with one attached hydrogen (secondary N) is 1. The van der Waals surface area contributed by atoms with Gasteiger partial charge in [-0.3, -0.25) is 9.59 Å². The van der Waals surface area contributed by atoms with Crippen LogP contribution in [0.5, 0.6) is 5.75 Å². The number of nitrogen functional groups attached to an aromatic ring is 1. The second kappa shape index (κ2) is 11.7. The van der Waals surface area contributed by atoms with Crippen molar-refractivity contribution in [1.82, 2.24) is 14.8 Å². The molecule has 0 unspecified atom stereocenters. The lowest BCUT2D eigenvalue weighted by molar-refractivity contribution is -0.146. The third-order valence-corrected chi connectivity index (χ3v) is 7.48. The van der Waals surface area contributed by atoms with E-state index in [1.807, 2.05) is 31.2 Å². The number of likely N-dealkylation sites (tertiary alicyclic amines) is 2. The van der Waals surface area contributed by atoms with Gasteiger partial charge in [0.1, 0.15) is 11.6 Å². The van der Waals surface area contributed by atoms with Crippen LogP contribution in [0.4, 0.5) is 11.5 Å². The number of nitrogens with zero attached hydrogens (tertiary/aromatic N) is 3. The summed E-state index contributed by atoms with van der Waals surface area (Å²) >= 11 is 0. The highest BCUT2D eigenvalue weighted by molar-refractivity contribution is 6.39. The number of carbonyl (C=O) groups is 2. The first-order valence-corrected chi connectivity index (χ1v) is 13.1. The maximum absolute atomic E-state index is 13.3. The Bertz CT molecular complexity index is 1070. The van der Waals surface area contributed by atoms with Crippen molar-refractivity contribution in [3.63, 3.8) is 0 Å². The topological polar surface area (TPSA) is 101 Å². The van der Waals surface area contributed by atoms with E-state index in [0.29, 0.717) is 42.9 Å². The highest BCUT2D eigenvalue weighted by Crippen LogP contribution is 2.35. The largest absolute Gasteiger partial charge is 0.493 e. The third-order valence-electron chi connectivity index (χ3n) is 7.48. The highest BCUT2D eigenvalue weighted by atomic mass is 16.5. The zero-order valence-electron chi connectivity index (χ0n) is 21.7. The number of rotatable bonds is 6. The first-order valence-electron chi connectivity index (χ1n) is 13.1. The third kappa shape index (κ3) is 6.35. The Morgan fingerprint density at radius 1 is 1.17 bits per heavy atom. The fraction of sp³-hybridized carbons (Fsp3) is 0.536. The molecular weight excluding hydrogens is 454 g/mol. The minimum absolute atomic E-state index is 0.165. The molecule has 8 nitrogen and oxygen atoms in total. The summed E-state index contributed by atoms with van der Waals surface area (Å²) in [6, 6.07) is 9.62. The summed E-state index contributed by atoms with van der Waals surface area (Å²) in [5.41, 5.74) is 8.19. The summed E-state index contributed by atoms with van der Waals surface area (Å²) in [5.74, 6) is 0.966. The van der Waals surface area contributed by atoms with Gasteiger partial charge >= 0.3 is 11.8 Å². The zero-order chi connectivity index (χ0) is 25.7. The van der Waals surface area contributed by atoms with Gasteiger partial charge in [0.25, 0.3) is 0 Å². The molecular formula is C28H39N5O3. The number of anilines is 2. The van der Waals surface area contributed by atoms with E-state index >= 15 is 0 Å². The Morgan fingerprint density at radius 2 is 1.94 bits per heavy atom. The molecule has 3 heterocycles. The molecule has 8 heteroatoms. The summed E-state index contributed by atoms with van der Waals surface area (Å²) in [7, 11) is 2.16. The van der Waals surface area contributed by atoms with Gasteiger partial charge in [-0.2, -0.15) is 0 Å². The van der Waals surface area contributed by atoms with E-state index in [1.54, 1.807) is 11.0 Å². The Hall–Kier alpha value is -3.13. The number of ether oxygens (including phenoxy) is 1. The van der Waals surface area contributed by atoms with Crippen molar-refractivity contribution in [2.75, 3.05) is 44.3 Å². The minimum atomic E-state index is -0.655. The molecule has 2 aliphatic rings. The molecule has 2 fully saturated rings. The van der Waals surface area contributed by atoms with Gasteiger partial charge in [-0.15, -0.1) is 0 Å². The van der Waals surface area contributed by atoms with Crippen LogP contribution >= 0.6 is 0 Å². The Labute approximate surface area is 214 Å². The van der Waals surface area contributed by atoms with Crippen LogP contribution in [0.1, 0.15) is 56.7 Å². The normalized spacial score (nSPS) is 21.2. The van der Waals surface area contributed by atoms with Crippen molar-refractivity contribution in [3.05, 3.63) is 47.7 Å². The van der Waals surface area contributed by atoms with Crippen LogP contribution in [0.3, 0.4) is 0 Å². The first kappa shape index (κ1) is 25.9. The first-order chi connectivity index (χ1) is 17.3. The maximum atomic E-state index is 13.3. The number of amides is 2. The number of carbonyl (C=O) groups excluding carboxylic acids is 2. The highest BCUT2D eigenvalue weighted by Gasteiger charge is 2.34. The van der Waals surface area contributed by atoms with E-state index < -0.39 is 11.8 Å². The Balaban J connectivity index is 1.44. The number of aromatic nitrogens is 1. The molecule has 0 saturated carbocycles. The molecule has 2 aliphatic heterocycles. The lowest BCUT2D eigenvalue weighted by Crippen LogP contribution is -2.46. The van der Waals surface area contributed by atoms with Gasteiger partial charge in [-0.25, -0.2) is 4.98 Å². The molecule has 194 valence electrons. The average Bonchev–Trinajstić information content (AvgIpc) is 2.89. The van der Waals surface area contributed by atoms with Crippen molar-refractivity contribution in [3.8, 4) is 5.75 Å². The standard InChI is InChI=1S/C28H39N5O3/c1-4-21-14-23(16-30-26(21)29)31-27(34)28(35)33-17-19(2)8-9-25(33)22-6-5-7-24(15-22)36-18-20-10-12-32(3)13-11-20/h5-7,14-16,19-20,25H,4,8-13,17-18H2,1-3H3,(H2,29,30)(H,31,34)/t19-,25+/m0/s1. The molecule has 3 N–H and O–H groups in total. The van der Waals surface area contributed by atoms with Gasteiger partial charge in [0.05, 0.1) is 24.5 Å². The summed E-state index contributed by atoms with van der Waals surface area (Å²) in [6.07, 6.45) is 6.29. The van der Waals surface area contributed by atoms with Crippen molar-refractivity contribution >= 4 is 23.3 Å². The van der Waals surface area contributed by atoms with E-state index in [1.165, 1.54) is 6.20 Å². The second-order valence-corrected chi connectivity index (χ2v) is 10.4. The van der Waals surface area contributed by atoms with Crippen LogP contribution in [0.25, 0.3) is 0 Å². The predicted octanol–water partition coefficient (Wildman–Crippen LogP) is 3.89. The molecule has 2 amide bonds. The number of pyridine rings is 1. The van der Waals surface area contributed by atoms with E-state index in [-0.39, 0.29) is 6.04 Å². The fourth-order valence-corrected chi connectivity index (χ4v) is 5.17. The molecule has 0 bridgehead atoms. The number of piperidine rings is 2. The van der Waals surface area contributed by atoms with E-state index in [2.05, 4.69) is 29.2 Å². The monoisotopic (exact) mass is 493 g/mol.